The van der Waals surface area contributed by atoms with Crippen molar-refractivity contribution in [2.45, 2.75) is 53.4 Å². The Hall–Kier alpha value is -3.14. The summed E-state index contributed by atoms with van der Waals surface area (Å²) in [5.74, 6) is 1.10. The van der Waals surface area contributed by atoms with E-state index in [-0.39, 0.29) is 5.92 Å². The van der Waals surface area contributed by atoms with Crippen LogP contribution >= 0.6 is 0 Å². The van der Waals surface area contributed by atoms with E-state index in [9.17, 15) is 0 Å². The Morgan fingerprint density at radius 1 is 0.676 bits per heavy atom. The second kappa shape index (κ2) is 12.9. The van der Waals surface area contributed by atoms with E-state index in [4.69, 9.17) is 4.74 Å². The van der Waals surface area contributed by atoms with E-state index in [1.165, 1.54) is 46.6 Å². The van der Waals surface area contributed by atoms with Crippen molar-refractivity contribution >= 4 is 17.1 Å². The van der Waals surface area contributed by atoms with Gasteiger partial charge >= 0.3 is 0 Å². The molecule has 1 heterocycles. The zero-order valence-corrected chi connectivity index (χ0v) is 23.5. The van der Waals surface area contributed by atoms with Crippen LogP contribution in [0.5, 0.6) is 5.75 Å². The van der Waals surface area contributed by atoms with Crippen LogP contribution in [0.2, 0.25) is 0 Å². The molecule has 0 amide bonds. The van der Waals surface area contributed by atoms with Gasteiger partial charge in [0.1, 0.15) is 5.75 Å². The van der Waals surface area contributed by atoms with Crippen LogP contribution < -0.4 is 19.4 Å². The van der Waals surface area contributed by atoms with E-state index < -0.39 is 0 Å². The minimum atomic E-state index is 0.102. The maximum absolute atomic E-state index is 6.31. The fourth-order valence-corrected chi connectivity index (χ4v) is 5.70. The van der Waals surface area contributed by atoms with Gasteiger partial charge in [-0.05, 0) is 88.9 Å². The Balaban J connectivity index is 1.79. The number of anilines is 3. The van der Waals surface area contributed by atoms with Crippen LogP contribution in [0.25, 0.3) is 0 Å². The quantitative estimate of drug-likeness (QED) is 0.239. The zero-order valence-electron chi connectivity index (χ0n) is 23.5. The summed E-state index contributed by atoms with van der Waals surface area (Å²) >= 11 is 0. The smallest absolute Gasteiger partial charge is 0.125 e. The highest BCUT2D eigenvalue weighted by molar-refractivity contribution is 5.60. The van der Waals surface area contributed by atoms with Crippen LogP contribution in [0, 0.1) is 0 Å². The number of benzene rings is 3. The molecule has 4 rings (SSSR count). The van der Waals surface area contributed by atoms with Crippen LogP contribution in [-0.2, 0) is 0 Å². The van der Waals surface area contributed by atoms with Crippen molar-refractivity contribution < 1.29 is 4.74 Å². The van der Waals surface area contributed by atoms with Gasteiger partial charge in [0, 0.05) is 73.9 Å². The summed E-state index contributed by atoms with van der Waals surface area (Å²) in [6.07, 6.45) is 2.54. The van der Waals surface area contributed by atoms with Crippen molar-refractivity contribution in [3.63, 3.8) is 0 Å². The average molecular weight is 500 g/mol. The monoisotopic (exact) mass is 499 g/mol. The van der Waals surface area contributed by atoms with E-state index >= 15 is 0 Å². The second-order valence-electron chi connectivity index (χ2n) is 9.81. The summed E-state index contributed by atoms with van der Waals surface area (Å²) in [7, 11) is 0. The van der Waals surface area contributed by atoms with Crippen LogP contribution in [0.1, 0.15) is 70.1 Å². The lowest BCUT2D eigenvalue weighted by atomic mass is 9.84. The molecule has 37 heavy (non-hydrogen) atoms. The lowest BCUT2D eigenvalue weighted by Crippen LogP contribution is -2.22. The van der Waals surface area contributed by atoms with Gasteiger partial charge in [-0.3, -0.25) is 0 Å². The normalized spacial score (nSPS) is 13.3. The lowest BCUT2D eigenvalue weighted by Gasteiger charge is -2.27. The van der Waals surface area contributed by atoms with Crippen molar-refractivity contribution in [2.24, 2.45) is 0 Å². The highest BCUT2D eigenvalue weighted by Gasteiger charge is 2.23. The molecular formula is C33H45N3O. The van der Waals surface area contributed by atoms with Crippen molar-refractivity contribution in [1.82, 2.24) is 0 Å². The first kappa shape index (κ1) is 26.9. The highest BCUT2D eigenvalue weighted by Crippen LogP contribution is 2.40. The Labute approximate surface area is 224 Å². The van der Waals surface area contributed by atoms with Crippen molar-refractivity contribution in [1.29, 1.82) is 0 Å². The van der Waals surface area contributed by atoms with Gasteiger partial charge in [-0.1, -0.05) is 30.3 Å². The molecule has 0 unspecified atom stereocenters. The topological polar surface area (TPSA) is 19.0 Å². The predicted molar refractivity (Wildman–Crippen MR) is 160 cm³/mol. The summed E-state index contributed by atoms with van der Waals surface area (Å²) in [6, 6.07) is 25.2. The van der Waals surface area contributed by atoms with Crippen LogP contribution in [0.15, 0.2) is 66.7 Å². The fraction of sp³-hybridized carbons (Fsp3) is 0.455. The summed E-state index contributed by atoms with van der Waals surface area (Å²) in [4.78, 5) is 7.28. The van der Waals surface area contributed by atoms with E-state index in [1.54, 1.807) is 0 Å². The molecule has 0 N–H and O–H groups in total. The molecule has 1 fully saturated rings. The van der Waals surface area contributed by atoms with E-state index in [1.807, 2.05) is 0 Å². The third-order valence-corrected chi connectivity index (χ3v) is 7.79. The standard InChI is InChI=1S/C33H45N3O/c1-6-34(7-2)28-17-13-26(14-18-28)33(27-15-19-29(20-16-27)35(8-3)9-4)31-22-21-30(25-32(31)37-10-5)36-23-11-12-24-36/h13-22,25,33H,6-12,23-24H2,1-5H3. The number of rotatable bonds is 12. The van der Waals surface area contributed by atoms with Gasteiger partial charge in [0.2, 0.25) is 0 Å². The molecule has 1 aliphatic rings. The summed E-state index contributed by atoms with van der Waals surface area (Å²) in [6.45, 7) is 17.9. The highest BCUT2D eigenvalue weighted by atomic mass is 16.5. The lowest BCUT2D eigenvalue weighted by molar-refractivity contribution is 0.336. The molecule has 0 saturated carbocycles. The Bertz CT molecular complexity index is 1040. The zero-order chi connectivity index (χ0) is 26.2. The second-order valence-corrected chi connectivity index (χ2v) is 9.81. The maximum atomic E-state index is 6.31. The molecule has 0 bridgehead atoms. The van der Waals surface area contributed by atoms with Crippen molar-refractivity contribution in [3.8, 4) is 5.75 Å². The Kier molecular flexibility index (Phi) is 9.38. The third kappa shape index (κ3) is 6.06. The molecule has 1 aliphatic heterocycles. The van der Waals surface area contributed by atoms with Crippen LogP contribution in [0.3, 0.4) is 0 Å². The van der Waals surface area contributed by atoms with Gasteiger partial charge in [0.25, 0.3) is 0 Å². The molecule has 3 aromatic carbocycles. The number of ether oxygens (including phenoxy) is 1. The van der Waals surface area contributed by atoms with Gasteiger partial charge in [0.15, 0.2) is 0 Å². The maximum Gasteiger partial charge on any atom is 0.125 e. The van der Waals surface area contributed by atoms with Gasteiger partial charge in [0.05, 0.1) is 6.61 Å². The first-order valence-corrected chi connectivity index (χ1v) is 14.3. The Morgan fingerprint density at radius 2 is 1.16 bits per heavy atom. The molecule has 4 heteroatoms. The first-order valence-electron chi connectivity index (χ1n) is 14.3. The van der Waals surface area contributed by atoms with Gasteiger partial charge < -0.3 is 19.4 Å². The third-order valence-electron chi connectivity index (χ3n) is 7.79. The van der Waals surface area contributed by atoms with Gasteiger partial charge in [-0.2, -0.15) is 0 Å². The molecular weight excluding hydrogens is 454 g/mol. The minimum absolute atomic E-state index is 0.102. The van der Waals surface area contributed by atoms with Crippen LogP contribution in [-0.4, -0.2) is 45.9 Å². The van der Waals surface area contributed by atoms with E-state index in [2.05, 4.69) is 116 Å². The SMILES string of the molecule is CCOc1cc(N2CCCC2)ccc1C(c1ccc(N(CC)CC)cc1)c1ccc(N(CC)CC)cc1. The molecule has 0 aliphatic carbocycles. The average Bonchev–Trinajstić information content (AvgIpc) is 3.48. The predicted octanol–water partition coefficient (Wildman–Crippen LogP) is 7.56. The molecule has 4 nitrogen and oxygen atoms in total. The van der Waals surface area contributed by atoms with E-state index in [0.717, 1.165) is 45.0 Å². The number of hydrogen-bond donors (Lipinski definition) is 0. The molecule has 0 spiro atoms. The number of nitrogens with zero attached hydrogens (tertiary/aromatic N) is 3. The molecule has 0 radical (unpaired) electrons. The fourth-order valence-electron chi connectivity index (χ4n) is 5.70. The van der Waals surface area contributed by atoms with Gasteiger partial charge in [-0.25, -0.2) is 0 Å². The molecule has 0 aromatic heterocycles. The van der Waals surface area contributed by atoms with Crippen molar-refractivity contribution in [2.75, 3.05) is 60.6 Å². The summed E-state index contributed by atoms with van der Waals surface area (Å²) in [5, 5.41) is 0. The molecule has 1 saturated heterocycles. The van der Waals surface area contributed by atoms with Gasteiger partial charge in [-0.15, -0.1) is 0 Å². The largest absolute Gasteiger partial charge is 0.493 e. The summed E-state index contributed by atoms with van der Waals surface area (Å²) in [5.41, 5.74) is 7.65. The summed E-state index contributed by atoms with van der Waals surface area (Å²) < 4.78 is 6.31. The Morgan fingerprint density at radius 3 is 1.59 bits per heavy atom. The van der Waals surface area contributed by atoms with Crippen molar-refractivity contribution in [3.05, 3.63) is 83.4 Å². The first-order chi connectivity index (χ1) is 18.1. The molecule has 3 aromatic rings. The molecule has 198 valence electrons. The minimum Gasteiger partial charge on any atom is -0.493 e. The van der Waals surface area contributed by atoms with Crippen LogP contribution in [0.4, 0.5) is 17.1 Å². The van der Waals surface area contributed by atoms with E-state index in [0.29, 0.717) is 6.61 Å². The molecule has 0 atom stereocenters. The number of hydrogen-bond acceptors (Lipinski definition) is 4.